The largest absolute Gasteiger partial charge is 0.491 e. The molecule has 0 bridgehead atoms. The van der Waals surface area contributed by atoms with Gasteiger partial charge in [-0.1, -0.05) is 48.0 Å². The van der Waals surface area contributed by atoms with Crippen LogP contribution in [0.3, 0.4) is 0 Å². The van der Waals surface area contributed by atoms with E-state index in [9.17, 15) is 13.2 Å². The van der Waals surface area contributed by atoms with Crippen LogP contribution in [0.2, 0.25) is 0 Å². The molecule has 0 amide bonds. The zero-order valence-corrected chi connectivity index (χ0v) is 17.4. The molecule has 0 N–H and O–H groups in total. The summed E-state index contributed by atoms with van der Waals surface area (Å²) >= 11 is 0. The highest BCUT2D eigenvalue weighted by atomic mass is 32.2. The zero-order chi connectivity index (χ0) is 21.3. The fraction of sp³-hybridized carbons (Fsp3) is 0.130. The summed E-state index contributed by atoms with van der Waals surface area (Å²) in [5, 5.41) is 0.510. The van der Waals surface area contributed by atoms with E-state index in [0.717, 1.165) is 11.1 Å². The van der Waals surface area contributed by atoms with Crippen LogP contribution in [-0.2, 0) is 16.4 Å². The minimum Gasteiger partial charge on any atom is -0.491 e. The number of rotatable bonds is 5. The molecular formula is C23H20N2O4S. The van der Waals surface area contributed by atoms with E-state index >= 15 is 0 Å². The van der Waals surface area contributed by atoms with E-state index in [-0.39, 0.29) is 27.8 Å². The van der Waals surface area contributed by atoms with Gasteiger partial charge in [0.1, 0.15) is 0 Å². The lowest BCUT2D eigenvalue weighted by Crippen LogP contribution is -2.23. The highest BCUT2D eigenvalue weighted by Crippen LogP contribution is 2.24. The molecule has 30 heavy (non-hydrogen) atoms. The van der Waals surface area contributed by atoms with Crippen molar-refractivity contribution < 1.29 is 13.2 Å². The summed E-state index contributed by atoms with van der Waals surface area (Å²) in [5.41, 5.74) is 2.02. The van der Waals surface area contributed by atoms with Gasteiger partial charge in [0.15, 0.2) is 10.8 Å². The van der Waals surface area contributed by atoms with Crippen LogP contribution < -0.4 is 10.3 Å². The van der Waals surface area contributed by atoms with Crippen molar-refractivity contribution in [3.05, 3.63) is 94.4 Å². The average molecular weight is 420 g/mol. The van der Waals surface area contributed by atoms with Crippen molar-refractivity contribution >= 4 is 20.7 Å². The van der Waals surface area contributed by atoms with Gasteiger partial charge >= 0.3 is 0 Å². The first-order chi connectivity index (χ1) is 14.4. The van der Waals surface area contributed by atoms with Gasteiger partial charge in [0, 0.05) is 17.6 Å². The van der Waals surface area contributed by atoms with Crippen molar-refractivity contribution in [2.24, 2.45) is 0 Å². The highest BCUT2D eigenvalue weighted by molar-refractivity contribution is 7.91. The lowest BCUT2D eigenvalue weighted by Gasteiger charge is -2.14. The molecule has 2 heterocycles. The topological polar surface area (TPSA) is 78.3 Å². The summed E-state index contributed by atoms with van der Waals surface area (Å²) in [4.78, 5) is 17.3. The molecule has 0 aliphatic rings. The lowest BCUT2D eigenvalue weighted by atomic mass is 10.2. The van der Waals surface area contributed by atoms with Crippen LogP contribution in [0.5, 0.6) is 5.75 Å². The molecule has 6 nitrogen and oxygen atoms in total. The summed E-state index contributed by atoms with van der Waals surface area (Å²) in [6.45, 7) is 2.17. The summed E-state index contributed by atoms with van der Waals surface area (Å²) in [6.07, 6.45) is 1.46. The monoisotopic (exact) mass is 420 g/mol. The fourth-order valence-electron chi connectivity index (χ4n) is 3.28. The molecule has 0 saturated heterocycles. The number of methoxy groups -OCH3 is 1. The maximum atomic E-state index is 13.1. The first-order valence-corrected chi connectivity index (χ1v) is 10.8. The van der Waals surface area contributed by atoms with Gasteiger partial charge in [0.2, 0.25) is 9.84 Å². The van der Waals surface area contributed by atoms with Crippen LogP contribution in [0.15, 0.2) is 87.6 Å². The van der Waals surface area contributed by atoms with Crippen molar-refractivity contribution in [3.63, 3.8) is 0 Å². The second kappa shape index (κ2) is 7.76. The van der Waals surface area contributed by atoms with Crippen molar-refractivity contribution in [1.82, 2.24) is 9.55 Å². The number of pyridine rings is 2. The zero-order valence-electron chi connectivity index (χ0n) is 16.6. The quantitative estimate of drug-likeness (QED) is 0.493. The first-order valence-electron chi connectivity index (χ1n) is 9.33. The SMILES string of the molecule is COc1cc2cnc(S(=O)(=O)c3ccc(C)cc3)cc2n(Cc2ccccc2)c1=O. The Morgan fingerprint density at radius 2 is 1.70 bits per heavy atom. The molecule has 152 valence electrons. The summed E-state index contributed by atoms with van der Waals surface area (Å²) in [5.74, 6) is 0.175. The third-order valence-corrected chi connectivity index (χ3v) is 6.60. The normalized spacial score (nSPS) is 11.5. The van der Waals surface area contributed by atoms with Gasteiger partial charge in [0.05, 0.1) is 24.1 Å². The predicted octanol–water partition coefficient (Wildman–Crippen LogP) is 3.59. The first kappa shape index (κ1) is 19.8. The lowest BCUT2D eigenvalue weighted by molar-refractivity contribution is 0.405. The molecule has 0 atom stereocenters. The number of aromatic nitrogens is 2. The fourth-order valence-corrected chi connectivity index (χ4v) is 4.48. The van der Waals surface area contributed by atoms with E-state index in [1.165, 1.54) is 23.9 Å². The molecule has 7 heteroatoms. The Morgan fingerprint density at radius 1 is 1.00 bits per heavy atom. The van der Waals surface area contributed by atoms with Crippen LogP contribution in [0, 0.1) is 6.92 Å². The third-order valence-electron chi connectivity index (χ3n) is 4.93. The van der Waals surface area contributed by atoms with Crippen LogP contribution in [0.4, 0.5) is 0 Å². The molecule has 0 saturated carbocycles. The highest BCUT2D eigenvalue weighted by Gasteiger charge is 2.21. The van der Waals surface area contributed by atoms with Crippen LogP contribution >= 0.6 is 0 Å². The van der Waals surface area contributed by atoms with Gasteiger partial charge in [-0.05, 0) is 30.7 Å². The standard InChI is InChI=1S/C23H20N2O4S/c1-16-8-10-19(11-9-16)30(27,28)22-13-20-18(14-24-22)12-21(29-2)23(26)25(20)15-17-6-4-3-5-7-17/h3-14H,15H2,1-2H3. The van der Waals surface area contributed by atoms with E-state index in [4.69, 9.17) is 4.74 Å². The number of fused-ring (bicyclic) bond motifs is 1. The Morgan fingerprint density at radius 3 is 2.37 bits per heavy atom. The maximum absolute atomic E-state index is 13.1. The number of sulfone groups is 1. The summed E-state index contributed by atoms with van der Waals surface area (Å²) in [6, 6.07) is 19.1. The molecule has 2 aromatic heterocycles. The summed E-state index contributed by atoms with van der Waals surface area (Å²) in [7, 11) is -2.39. The molecular weight excluding hydrogens is 400 g/mol. The Balaban J connectivity index is 1.92. The summed E-state index contributed by atoms with van der Waals surface area (Å²) < 4.78 is 32.9. The van der Waals surface area contributed by atoms with Gasteiger partial charge in [-0.2, -0.15) is 0 Å². The van der Waals surface area contributed by atoms with Crippen molar-refractivity contribution in [2.75, 3.05) is 7.11 Å². The Kier molecular flexibility index (Phi) is 5.13. The van der Waals surface area contributed by atoms with Crippen LogP contribution in [0.1, 0.15) is 11.1 Å². The molecule has 4 aromatic rings. The Bertz CT molecular complexity index is 1380. The number of hydrogen-bond donors (Lipinski definition) is 0. The maximum Gasteiger partial charge on any atom is 0.293 e. The van der Waals surface area contributed by atoms with Crippen LogP contribution in [0.25, 0.3) is 10.9 Å². The van der Waals surface area contributed by atoms with Gasteiger partial charge in [-0.3, -0.25) is 4.79 Å². The molecule has 0 fully saturated rings. The number of aryl methyl sites for hydroxylation is 1. The van der Waals surface area contributed by atoms with Gasteiger partial charge in [-0.25, -0.2) is 13.4 Å². The van der Waals surface area contributed by atoms with Gasteiger partial charge in [0.25, 0.3) is 5.56 Å². The van der Waals surface area contributed by atoms with Crippen molar-refractivity contribution in [3.8, 4) is 5.75 Å². The molecule has 0 spiro atoms. The minimum atomic E-state index is -3.82. The Hall–Kier alpha value is -3.45. The second-order valence-electron chi connectivity index (χ2n) is 6.99. The van der Waals surface area contributed by atoms with Gasteiger partial charge < -0.3 is 9.30 Å². The number of hydrogen-bond acceptors (Lipinski definition) is 5. The third kappa shape index (κ3) is 3.59. The predicted molar refractivity (Wildman–Crippen MR) is 115 cm³/mol. The second-order valence-corrected chi connectivity index (χ2v) is 8.88. The van der Waals surface area contributed by atoms with Crippen molar-refractivity contribution in [2.45, 2.75) is 23.4 Å². The Labute approximate surface area is 174 Å². The van der Waals surface area contributed by atoms with E-state index in [2.05, 4.69) is 4.98 Å². The molecule has 0 radical (unpaired) electrons. The van der Waals surface area contributed by atoms with Gasteiger partial charge in [-0.15, -0.1) is 0 Å². The van der Waals surface area contributed by atoms with E-state index in [0.29, 0.717) is 10.9 Å². The smallest absolute Gasteiger partial charge is 0.293 e. The number of benzene rings is 2. The van der Waals surface area contributed by atoms with E-state index in [1.807, 2.05) is 37.3 Å². The minimum absolute atomic E-state index is 0.106. The van der Waals surface area contributed by atoms with Crippen LogP contribution in [-0.4, -0.2) is 25.1 Å². The van der Waals surface area contributed by atoms with Crippen molar-refractivity contribution in [1.29, 1.82) is 0 Å². The molecule has 0 aliphatic heterocycles. The number of ether oxygens (including phenoxy) is 1. The van der Waals surface area contributed by atoms with E-state index in [1.54, 1.807) is 30.3 Å². The molecule has 0 unspecified atom stereocenters. The molecule has 0 aliphatic carbocycles. The van der Waals surface area contributed by atoms with E-state index < -0.39 is 9.84 Å². The average Bonchev–Trinajstić information content (AvgIpc) is 2.76. The molecule has 4 rings (SSSR count). The number of nitrogens with zero attached hydrogens (tertiary/aromatic N) is 2. The molecule has 2 aromatic carbocycles.